The number of rotatable bonds is 10. The van der Waals surface area contributed by atoms with E-state index in [4.69, 9.17) is 18.0 Å². The van der Waals surface area contributed by atoms with Crippen molar-refractivity contribution in [2.45, 2.75) is 25.0 Å². The molecule has 1 aromatic rings. The van der Waals surface area contributed by atoms with Crippen LogP contribution in [-0.2, 0) is 15.8 Å². The second-order valence-corrected chi connectivity index (χ2v) is 7.96. The maximum Gasteiger partial charge on any atom is 0.215 e. The zero-order valence-electron chi connectivity index (χ0n) is 12.2. The van der Waals surface area contributed by atoms with Crippen LogP contribution in [0.15, 0.2) is 24.3 Å². The molecule has 0 aliphatic carbocycles. The lowest BCUT2D eigenvalue weighted by Gasteiger charge is -2.10. The molecule has 0 atom stereocenters. The smallest absolute Gasteiger partial charge is 0.215 e. The summed E-state index contributed by atoms with van der Waals surface area (Å²) >= 11 is 6.75. The van der Waals surface area contributed by atoms with Crippen LogP contribution in [0.4, 0.5) is 0 Å². The van der Waals surface area contributed by atoms with Gasteiger partial charge < -0.3 is 5.73 Å². The van der Waals surface area contributed by atoms with Gasteiger partial charge in [-0.25, -0.2) is 13.1 Å². The fourth-order valence-corrected chi connectivity index (χ4v) is 3.83. The zero-order valence-corrected chi connectivity index (χ0v) is 14.6. The Morgan fingerprint density at radius 2 is 2.00 bits per heavy atom. The van der Waals surface area contributed by atoms with Gasteiger partial charge in [-0.15, -0.1) is 0 Å². The van der Waals surface area contributed by atoms with E-state index in [0.29, 0.717) is 17.7 Å². The summed E-state index contributed by atoms with van der Waals surface area (Å²) in [6, 6.07) is 7.07. The van der Waals surface area contributed by atoms with E-state index < -0.39 is 10.0 Å². The Balaban J connectivity index is 2.51. The highest BCUT2D eigenvalue weighted by Crippen LogP contribution is 2.12. The van der Waals surface area contributed by atoms with Gasteiger partial charge in [-0.3, -0.25) is 0 Å². The van der Waals surface area contributed by atoms with E-state index in [-0.39, 0.29) is 10.7 Å². The van der Waals surface area contributed by atoms with Crippen LogP contribution in [0.5, 0.6) is 0 Å². The third-order valence-corrected chi connectivity index (χ3v) is 5.23. The quantitative estimate of drug-likeness (QED) is 0.502. The first-order valence-electron chi connectivity index (χ1n) is 6.80. The van der Waals surface area contributed by atoms with Crippen molar-refractivity contribution >= 4 is 39.0 Å². The molecule has 0 aromatic heterocycles. The monoisotopic (exact) mass is 346 g/mol. The fraction of sp³-hybridized carbons (Fsp3) is 0.500. The zero-order chi connectivity index (χ0) is 15.7. The molecule has 4 nitrogen and oxygen atoms in total. The number of benzene rings is 1. The van der Waals surface area contributed by atoms with E-state index in [9.17, 15) is 8.42 Å². The number of hydrogen-bond donors (Lipinski definition) is 2. The second kappa shape index (κ2) is 9.40. The van der Waals surface area contributed by atoms with Crippen molar-refractivity contribution in [1.29, 1.82) is 0 Å². The van der Waals surface area contributed by atoms with E-state index in [0.717, 1.165) is 25.0 Å². The largest absolute Gasteiger partial charge is 0.389 e. The number of nitrogens with one attached hydrogen (secondary N) is 1. The molecule has 0 aliphatic rings. The Bertz CT molecular complexity index is 559. The van der Waals surface area contributed by atoms with Crippen LogP contribution in [-0.4, -0.2) is 32.0 Å². The Morgan fingerprint density at radius 3 is 2.67 bits per heavy atom. The van der Waals surface area contributed by atoms with Crippen LogP contribution in [0, 0.1) is 0 Å². The number of hydrogen-bond acceptors (Lipinski definition) is 4. The molecule has 3 N–H and O–H groups in total. The minimum absolute atomic E-state index is 0.0919. The van der Waals surface area contributed by atoms with Crippen LogP contribution in [0.1, 0.15) is 30.4 Å². The van der Waals surface area contributed by atoms with Crippen molar-refractivity contribution in [3.05, 3.63) is 35.4 Å². The number of nitrogens with two attached hydrogens (primary N) is 1. The molecule has 0 fully saturated rings. The third kappa shape index (κ3) is 7.26. The number of thioether (sulfide) groups is 1. The van der Waals surface area contributed by atoms with Crippen molar-refractivity contribution in [2.24, 2.45) is 5.73 Å². The predicted octanol–water partition coefficient (Wildman–Crippen LogP) is 2.27. The van der Waals surface area contributed by atoms with E-state index in [2.05, 4.69) is 11.0 Å². The number of thiocarbonyl (C=S) groups is 1. The van der Waals surface area contributed by atoms with Crippen LogP contribution >= 0.6 is 24.0 Å². The second-order valence-electron chi connectivity index (χ2n) is 4.73. The molecule has 0 spiro atoms. The van der Waals surface area contributed by atoms with Crippen molar-refractivity contribution in [2.75, 3.05) is 18.6 Å². The van der Waals surface area contributed by atoms with E-state index in [1.807, 2.05) is 11.8 Å². The average molecular weight is 347 g/mol. The van der Waals surface area contributed by atoms with Crippen molar-refractivity contribution in [3.8, 4) is 0 Å². The normalized spacial score (nSPS) is 11.5. The lowest BCUT2D eigenvalue weighted by molar-refractivity contribution is 0.575. The molecule has 21 heavy (non-hydrogen) atoms. The first-order valence-corrected chi connectivity index (χ1v) is 10.3. The molecule has 0 aliphatic heterocycles. The maximum absolute atomic E-state index is 12.1. The highest BCUT2D eigenvalue weighted by atomic mass is 32.2. The van der Waals surface area contributed by atoms with Crippen LogP contribution < -0.4 is 10.5 Å². The minimum atomic E-state index is -3.35. The number of unbranched alkanes of at least 4 members (excludes halogenated alkanes) is 2. The lowest BCUT2D eigenvalue weighted by atomic mass is 10.1. The van der Waals surface area contributed by atoms with Gasteiger partial charge in [0.2, 0.25) is 10.0 Å². The predicted molar refractivity (Wildman–Crippen MR) is 95.2 cm³/mol. The fourth-order valence-electron chi connectivity index (χ4n) is 1.92. The Labute approximate surface area is 136 Å². The molecule has 0 unspecified atom stereocenters. The Kier molecular flexibility index (Phi) is 8.24. The molecule has 0 heterocycles. The summed E-state index contributed by atoms with van der Waals surface area (Å²) in [6.07, 6.45) is 5.08. The van der Waals surface area contributed by atoms with Crippen LogP contribution in [0.3, 0.4) is 0 Å². The molecule has 1 aromatic carbocycles. The summed E-state index contributed by atoms with van der Waals surface area (Å²) in [4.78, 5) is 0.220. The van der Waals surface area contributed by atoms with Crippen molar-refractivity contribution < 1.29 is 8.42 Å². The topological polar surface area (TPSA) is 72.2 Å². The maximum atomic E-state index is 12.1. The summed E-state index contributed by atoms with van der Waals surface area (Å²) in [5, 5.41) is 0. The average Bonchev–Trinajstić information content (AvgIpc) is 2.42. The van der Waals surface area contributed by atoms with Gasteiger partial charge in [0.25, 0.3) is 0 Å². The van der Waals surface area contributed by atoms with Gasteiger partial charge in [0.15, 0.2) is 0 Å². The molecule has 0 radical (unpaired) electrons. The van der Waals surface area contributed by atoms with Gasteiger partial charge in [0, 0.05) is 12.1 Å². The van der Waals surface area contributed by atoms with E-state index in [1.165, 1.54) is 0 Å². The summed E-state index contributed by atoms with van der Waals surface area (Å²) in [5.74, 6) is 1.03. The Morgan fingerprint density at radius 1 is 1.29 bits per heavy atom. The molecule has 0 bridgehead atoms. The summed E-state index contributed by atoms with van der Waals surface area (Å²) < 4.78 is 26.8. The summed E-state index contributed by atoms with van der Waals surface area (Å²) in [6.45, 7) is 0.478. The SMILES string of the molecule is CSCCCCCNS(=O)(=O)Cc1ccccc1C(N)=S. The number of sulfonamides is 1. The lowest BCUT2D eigenvalue weighted by Crippen LogP contribution is -2.27. The van der Waals surface area contributed by atoms with Crippen LogP contribution in [0.2, 0.25) is 0 Å². The highest BCUT2D eigenvalue weighted by molar-refractivity contribution is 7.98. The van der Waals surface area contributed by atoms with Gasteiger partial charge in [-0.1, -0.05) is 42.9 Å². The Hall–Kier alpha value is -0.630. The first kappa shape index (κ1) is 18.4. The molecular weight excluding hydrogens is 324 g/mol. The molecule has 0 saturated heterocycles. The molecule has 0 saturated carbocycles. The van der Waals surface area contributed by atoms with Gasteiger partial charge >= 0.3 is 0 Å². The van der Waals surface area contributed by atoms with E-state index in [1.54, 1.807) is 24.3 Å². The third-order valence-electron chi connectivity index (χ3n) is 2.98. The molecular formula is C14H22N2O2S3. The molecule has 1 rings (SSSR count). The van der Waals surface area contributed by atoms with E-state index >= 15 is 0 Å². The van der Waals surface area contributed by atoms with Gasteiger partial charge in [-0.2, -0.15) is 11.8 Å². The summed E-state index contributed by atoms with van der Waals surface area (Å²) in [7, 11) is -3.35. The van der Waals surface area contributed by atoms with Crippen molar-refractivity contribution in [3.63, 3.8) is 0 Å². The summed E-state index contributed by atoms with van der Waals surface area (Å²) in [5.41, 5.74) is 6.88. The standard InChI is InChI=1S/C14H22N2O2S3/c1-20-10-6-2-5-9-16-21(17,18)11-12-7-3-4-8-13(12)14(15)19/h3-4,7-8,16H,2,5-6,9-11H2,1H3,(H2,15,19). The first-order chi connectivity index (χ1) is 9.96. The molecule has 118 valence electrons. The minimum Gasteiger partial charge on any atom is -0.389 e. The van der Waals surface area contributed by atoms with Crippen molar-refractivity contribution in [1.82, 2.24) is 4.72 Å². The molecule has 7 heteroatoms. The van der Waals surface area contributed by atoms with Gasteiger partial charge in [0.05, 0.1) is 5.75 Å². The van der Waals surface area contributed by atoms with Gasteiger partial charge in [-0.05, 0) is 30.4 Å². The van der Waals surface area contributed by atoms with Crippen LogP contribution in [0.25, 0.3) is 0 Å². The highest BCUT2D eigenvalue weighted by Gasteiger charge is 2.14. The molecule has 0 amide bonds. The van der Waals surface area contributed by atoms with Gasteiger partial charge in [0.1, 0.15) is 4.99 Å².